The summed E-state index contributed by atoms with van der Waals surface area (Å²) >= 11 is 3.05. The number of halogens is 2. The van der Waals surface area contributed by atoms with Gasteiger partial charge in [0, 0.05) is 0 Å². The first kappa shape index (κ1) is 18.5. The highest BCUT2D eigenvalue weighted by Crippen LogP contribution is 2.40. The molecule has 4 atom stereocenters. The summed E-state index contributed by atoms with van der Waals surface area (Å²) in [7, 11) is 0. The van der Waals surface area contributed by atoms with Crippen molar-refractivity contribution in [1.29, 1.82) is 0 Å². The second kappa shape index (κ2) is 7.55. The fraction of sp³-hybridized carbons (Fsp3) is 0.263. The minimum Gasteiger partial charge on any atom is -0.448 e. The zero-order chi connectivity index (χ0) is 18.7. The Kier molecular flexibility index (Phi) is 5.38. The first-order valence-electron chi connectivity index (χ1n) is 7.90. The maximum atomic E-state index is 15.0. The summed E-state index contributed by atoms with van der Waals surface area (Å²) in [6.45, 7) is 1.21. The van der Waals surface area contributed by atoms with E-state index in [0.29, 0.717) is 0 Å². The van der Waals surface area contributed by atoms with E-state index in [1.165, 1.54) is 6.92 Å². The summed E-state index contributed by atoms with van der Waals surface area (Å²) in [4.78, 5) is 24.5. The molecule has 2 aromatic rings. The van der Waals surface area contributed by atoms with E-state index in [1.807, 2.05) is 0 Å². The fourth-order valence-corrected chi connectivity index (χ4v) is 2.96. The molecule has 0 spiro atoms. The summed E-state index contributed by atoms with van der Waals surface area (Å²) in [5.41, 5.74) is -1.55. The van der Waals surface area contributed by atoms with Crippen molar-refractivity contribution in [1.82, 2.24) is 0 Å². The van der Waals surface area contributed by atoms with Crippen LogP contribution in [0.1, 0.15) is 27.6 Å². The number of esters is 2. The number of hydrogen-bond donors (Lipinski definition) is 0. The molecule has 1 saturated heterocycles. The number of ether oxygens (including phenoxy) is 3. The van der Waals surface area contributed by atoms with Crippen LogP contribution in [0.25, 0.3) is 0 Å². The lowest BCUT2D eigenvalue weighted by molar-refractivity contribution is -0.128. The van der Waals surface area contributed by atoms with Crippen LogP contribution < -0.4 is 0 Å². The van der Waals surface area contributed by atoms with Crippen LogP contribution in [0, 0.1) is 0 Å². The topological polar surface area (TPSA) is 61.8 Å². The molecule has 136 valence electrons. The minimum absolute atomic E-state index is 0.259. The van der Waals surface area contributed by atoms with Gasteiger partial charge in [-0.25, -0.2) is 14.0 Å². The van der Waals surface area contributed by atoms with Gasteiger partial charge in [-0.05, 0) is 31.2 Å². The second-order valence-electron chi connectivity index (χ2n) is 5.94. The third-order valence-electron chi connectivity index (χ3n) is 3.98. The van der Waals surface area contributed by atoms with Gasteiger partial charge in [-0.15, -0.1) is 0 Å². The van der Waals surface area contributed by atoms with Crippen molar-refractivity contribution >= 4 is 27.9 Å². The molecule has 1 aliphatic rings. The number of benzene rings is 2. The molecule has 0 unspecified atom stereocenters. The van der Waals surface area contributed by atoms with Gasteiger partial charge in [0.15, 0.2) is 10.7 Å². The molecule has 1 fully saturated rings. The first-order valence-corrected chi connectivity index (χ1v) is 8.81. The molecule has 0 aromatic heterocycles. The summed E-state index contributed by atoms with van der Waals surface area (Å²) in [5, 5.41) is -1.10. The van der Waals surface area contributed by atoms with Gasteiger partial charge in [-0.2, -0.15) is 0 Å². The maximum absolute atomic E-state index is 15.0. The SMILES string of the molecule is C[C@@]1(F)[C@H](OC(=O)c2ccccc2)[C@H](OC(=O)c2ccccc2)O[C@@H]1Br. The molecule has 0 saturated carbocycles. The molecule has 26 heavy (non-hydrogen) atoms. The highest BCUT2D eigenvalue weighted by Gasteiger charge is 2.58. The lowest BCUT2D eigenvalue weighted by atomic mass is 10.0. The Bertz CT molecular complexity index is 781. The predicted molar refractivity (Wildman–Crippen MR) is 94.6 cm³/mol. The van der Waals surface area contributed by atoms with Crippen molar-refractivity contribution in [2.75, 3.05) is 0 Å². The van der Waals surface area contributed by atoms with Gasteiger partial charge in [0.1, 0.15) is 0 Å². The number of alkyl halides is 2. The van der Waals surface area contributed by atoms with E-state index in [2.05, 4.69) is 15.9 Å². The highest BCUT2D eigenvalue weighted by molar-refractivity contribution is 9.09. The molecule has 0 bridgehead atoms. The summed E-state index contributed by atoms with van der Waals surface area (Å²) in [6, 6.07) is 16.4. The zero-order valence-electron chi connectivity index (χ0n) is 13.8. The molecule has 0 N–H and O–H groups in total. The largest absolute Gasteiger partial charge is 0.448 e. The number of carbonyl (C=O) groups excluding carboxylic acids is 2. The van der Waals surface area contributed by atoms with Gasteiger partial charge in [0.25, 0.3) is 0 Å². The van der Waals surface area contributed by atoms with Crippen LogP contribution in [0.5, 0.6) is 0 Å². The Morgan fingerprint density at radius 2 is 1.42 bits per heavy atom. The van der Waals surface area contributed by atoms with Gasteiger partial charge in [0.05, 0.1) is 11.1 Å². The van der Waals surface area contributed by atoms with Crippen LogP contribution in [0.2, 0.25) is 0 Å². The number of rotatable bonds is 4. The molecular formula is C19H16BrFO5. The molecule has 7 heteroatoms. The van der Waals surface area contributed by atoms with E-state index in [9.17, 15) is 9.59 Å². The van der Waals surface area contributed by atoms with Crippen molar-refractivity contribution in [3.8, 4) is 0 Å². The van der Waals surface area contributed by atoms with Crippen LogP contribution in [0.15, 0.2) is 60.7 Å². The van der Waals surface area contributed by atoms with Crippen molar-refractivity contribution in [3.63, 3.8) is 0 Å². The molecular weight excluding hydrogens is 407 g/mol. The van der Waals surface area contributed by atoms with Gasteiger partial charge >= 0.3 is 11.9 Å². The van der Waals surface area contributed by atoms with E-state index < -0.39 is 35.0 Å². The van der Waals surface area contributed by atoms with Crippen LogP contribution in [0.4, 0.5) is 4.39 Å². The molecule has 2 aromatic carbocycles. The van der Waals surface area contributed by atoms with E-state index in [1.54, 1.807) is 60.7 Å². The van der Waals surface area contributed by atoms with Crippen molar-refractivity contribution < 1.29 is 28.2 Å². The first-order chi connectivity index (χ1) is 12.4. The second-order valence-corrected chi connectivity index (χ2v) is 6.77. The molecule has 1 heterocycles. The third-order valence-corrected chi connectivity index (χ3v) is 5.09. The van der Waals surface area contributed by atoms with Gasteiger partial charge in [0.2, 0.25) is 12.4 Å². The van der Waals surface area contributed by atoms with Crippen molar-refractivity contribution in [3.05, 3.63) is 71.8 Å². The lowest BCUT2D eigenvalue weighted by Gasteiger charge is -2.25. The Morgan fingerprint density at radius 1 is 0.962 bits per heavy atom. The minimum atomic E-state index is -2.09. The molecule has 1 aliphatic heterocycles. The van der Waals surface area contributed by atoms with Crippen molar-refractivity contribution in [2.45, 2.75) is 30.0 Å². The lowest BCUT2D eigenvalue weighted by Crippen LogP contribution is -2.44. The Morgan fingerprint density at radius 3 is 1.92 bits per heavy atom. The predicted octanol–water partition coefficient (Wildman–Crippen LogP) is 3.87. The summed E-state index contributed by atoms with van der Waals surface area (Å²) < 4.78 is 30.9. The van der Waals surface area contributed by atoms with Gasteiger partial charge in [-0.1, -0.05) is 52.3 Å². The third kappa shape index (κ3) is 3.78. The van der Waals surface area contributed by atoms with E-state index in [0.717, 1.165) is 0 Å². The Labute approximate surface area is 158 Å². The number of hydrogen-bond acceptors (Lipinski definition) is 5. The highest BCUT2D eigenvalue weighted by atomic mass is 79.9. The van der Waals surface area contributed by atoms with Gasteiger partial charge < -0.3 is 14.2 Å². The van der Waals surface area contributed by atoms with Crippen LogP contribution in [-0.4, -0.2) is 35.0 Å². The van der Waals surface area contributed by atoms with E-state index in [-0.39, 0.29) is 11.1 Å². The van der Waals surface area contributed by atoms with Gasteiger partial charge in [-0.3, -0.25) is 0 Å². The quantitative estimate of drug-likeness (QED) is 0.552. The van der Waals surface area contributed by atoms with E-state index >= 15 is 4.39 Å². The molecule has 5 nitrogen and oxygen atoms in total. The molecule has 0 amide bonds. The Hall–Kier alpha value is -2.25. The average molecular weight is 423 g/mol. The zero-order valence-corrected chi connectivity index (χ0v) is 15.4. The smallest absolute Gasteiger partial charge is 0.340 e. The average Bonchev–Trinajstić information content (AvgIpc) is 2.86. The van der Waals surface area contributed by atoms with E-state index in [4.69, 9.17) is 14.2 Å². The van der Waals surface area contributed by atoms with Crippen molar-refractivity contribution in [2.24, 2.45) is 0 Å². The summed E-state index contributed by atoms with van der Waals surface area (Å²) in [5.74, 6) is -1.43. The van der Waals surface area contributed by atoms with Crippen LogP contribution >= 0.6 is 15.9 Å². The number of carbonyl (C=O) groups is 2. The molecule has 0 aliphatic carbocycles. The maximum Gasteiger partial charge on any atom is 0.340 e. The van der Waals surface area contributed by atoms with Crippen LogP contribution in [0.3, 0.4) is 0 Å². The fourth-order valence-electron chi connectivity index (χ4n) is 2.48. The molecule has 3 rings (SSSR count). The molecule has 0 radical (unpaired) electrons. The summed E-state index contributed by atoms with van der Waals surface area (Å²) in [6.07, 6.45) is -2.80. The monoisotopic (exact) mass is 422 g/mol. The Balaban J connectivity index is 1.77. The van der Waals surface area contributed by atoms with Crippen LogP contribution in [-0.2, 0) is 14.2 Å². The normalized spacial score (nSPS) is 27.7. The standard InChI is InChI=1S/C19H16BrFO5/c1-19(21)14(24-15(22)12-8-4-2-5-9-12)17(26-18(19)20)25-16(23)13-10-6-3-7-11-13/h2-11,14,17-18H,1H3/t14-,17-,18+,19-/m1/s1.